The number of nitrogens with zero attached hydrogens (tertiary/aromatic N) is 2. The number of hydrogen-bond acceptors (Lipinski definition) is 4. The maximum atomic E-state index is 11.8. The van der Waals surface area contributed by atoms with E-state index in [4.69, 9.17) is 23.2 Å². The minimum absolute atomic E-state index is 0.0498. The van der Waals surface area contributed by atoms with E-state index in [0.717, 1.165) is 13.0 Å². The Morgan fingerprint density at radius 1 is 1.39 bits per heavy atom. The quantitative estimate of drug-likeness (QED) is 0.894. The van der Waals surface area contributed by atoms with E-state index in [9.17, 15) is 4.79 Å². The van der Waals surface area contributed by atoms with Crippen LogP contribution in [0.1, 0.15) is 6.42 Å². The monoisotopic (exact) mass is 288 g/mol. The summed E-state index contributed by atoms with van der Waals surface area (Å²) in [6, 6.07) is 1.33. The van der Waals surface area contributed by atoms with Crippen LogP contribution in [0, 0.1) is 0 Å². The fourth-order valence-electron chi connectivity index (χ4n) is 1.86. The second-order valence-electron chi connectivity index (χ2n) is 4.14. The number of rotatable bonds is 3. The van der Waals surface area contributed by atoms with Gasteiger partial charge in [0.25, 0.3) is 0 Å². The Morgan fingerprint density at radius 2 is 2.06 bits per heavy atom. The van der Waals surface area contributed by atoms with E-state index < -0.39 is 0 Å². The van der Waals surface area contributed by atoms with Gasteiger partial charge in [-0.1, -0.05) is 23.2 Å². The summed E-state index contributed by atoms with van der Waals surface area (Å²) in [6.45, 7) is 0.737. The molecule has 0 spiro atoms. The molecule has 0 aliphatic carbocycles. The molecule has 1 aliphatic rings. The van der Waals surface area contributed by atoms with Crippen LogP contribution >= 0.6 is 23.2 Å². The Bertz CT molecular complexity index is 480. The van der Waals surface area contributed by atoms with Crippen LogP contribution in [0.2, 0.25) is 10.0 Å². The molecule has 1 amide bonds. The van der Waals surface area contributed by atoms with Gasteiger partial charge in [-0.3, -0.25) is 4.79 Å². The molecule has 98 valence electrons. The van der Waals surface area contributed by atoms with Gasteiger partial charge in [0.1, 0.15) is 17.7 Å². The number of carbonyl (C=O) groups excluding carboxylic acids is 1. The SMILES string of the molecule is CNc1nc(NC2CCN(C)C2=O)c(Cl)cc1Cl. The number of likely N-dealkylation sites (tertiary alicyclic amines) is 1. The Labute approximate surface area is 115 Å². The molecule has 1 aliphatic heterocycles. The summed E-state index contributed by atoms with van der Waals surface area (Å²) in [5.41, 5.74) is 0. The van der Waals surface area contributed by atoms with Crippen LogP contribution in [0.3, 0.4) is 0 Å². The topological polar surface area (TPSA) is 57.3 Å². The molecule has 2 rings (SSSR count). The molecule has 0 radical (unpaired) electrons. The molecule has 1 aromatic rings. The highest BCUT2D eigenvalue weighted by atomic mass is 35.5. The lowest BCUT2D eigenvalue weighted by molar-refractivity contribution is -0.127. The van der Waals surface area contributed by atoms with Gasteiger partial charge in [-0.25, -0.2) is 4.98 Å². The van der Waals surface area contributed by atoms with Crippen LogP contribution in [0.25, 0.3) is 0 Å². The maximum absolute atomic E-state index is 11.8. The highest BCUT2D eigenvalue weighted by Gasteiger charge is 2.29. The number of likely N-dealkylation sites (N-methyl/N-ethyl adjacent to an activating group) is 1. The van der Waals surface area contributed by atoms with Gasteiger partial charge in [0, 0.05) is 20.6 Å². The van der Waals surface area contributed by atoms with Gasteiger partial charge < -0.3 is 15.5 Å². The molecule has 5 nitrogen and oxygen atoms in total. The molecule has 1 saturated heterocycles. The third-order valence-electron chi connectivity index (χ3n) is 2.90. The first-order valence-electron chi connectivity index (χ1n) is 5.58. The van der Waals surface area contributed by atoms with Crippen LogP contribution in [-0.2, 0) is 4.79 Å². The number of pyridine rings is 1. The smallest absolute Gasteiger partial charge is 0.244 e. The molecular weight excluding hydrogens is 275 g/mol. The Hall–Kier alpha value is -1.20. The van der Waals surface area contributed by atoms with Crippen molar-refractivity contribution in [2.75, 3.05) is 31.3 Å². The van der Waals surface area contributed by atoms with Gasteiger partial charge >= 0.3 is 0 Å². The summed E-state index contributed by atoms with van der Waals surface area (Å²) in [7, 11) is 3.50. The number of hydrogen-bond donors (Lipinski definition) is 2. The molecule has 0 bridgehead atoms. The van der Waals surface area contributed by atoms with Crippen molar-refractivity contribution in [3.05, 3.63) is 16.1 Å². The minimum Gasteiger partial charge on any atom is -0.372 e. The number of aromatic nitrogens is 1. The third kappa shape index (κ3) is 2.47. The van der Waals surface area contributed by atoms with E-state index in [1.807, 2.05) is 0 Å². The van der Waals surface area contributed by atoms with Crippen molar-refractivity contribution in [1.29, 1.82) is 0 Å². The zero-order valence-corrected chi connectivity index (χ0v) is 11.6. The first kappa shape index (κ1) is 13.2. The molecule has 2 N–H and O–H groups in total. The van der Waals surface area contributed by atoms with Crippen LogP contribution in [0.15, 0.2) is 6.07 Å². The normalized spacial score (nSPS) is 19.2. The molecule has 1 atom stereocenters. The first-order valence-corrected chi connectivity index (χ1v) is 6.34. The summed E-state index contributed by atoms with van der Waals surface area (Å²) in [4.78, 5) is 17.7. The molecule has 1 aromatic heterocycles. The lowest BCUT2D eigenvalue weighted by Crippen LogP contribution is -2.31. The Morgan fingerprint density at radius 3 is 2.61 bits per heavy atom. The van der Waals surface area contributed by atoms with Crippen molar-refractivity contribution in [2.45, 2.75) is 12.5 Å². The number of carbonyl (C=O) groups is 1. The van der Waals surface area contributed by atoms with Crippen molar-refractivity contribution in [3.63, 3.8) is 0 Å². The zero-order chi connectivity index (χ0) is 13.3. The number of amides is 1. The van der Waals surface area contributed by atoms with Crippen LogP contribution in [0.5, 0.6) is 0 Å². The molecule has 7 heteroatoms. The largest absolute Gasteiger partial charge is 0.372 e. The molecule has 0 aromatic carbocycles. The van der Waals surface area contributed by atoms with E-state index in [-0.39, 0.29) is 11.9 Å². The number of anilines is 2. The third-order valence-corrected chi connectivity index (χ3v) is 3.48. The predicted octanol–water partition coefficient (Wildman–Crippen LogP) is 2.07. The highest BCUT2D eigenvalue weighted by Crippen LogP contribution is 2.30. The zero-order valence-electron chi connectivity index (χ0n) is 10.1. The number of halogens is 2. The van der Waals surface area contributed by atoms with Gasteiger partial charge in [0.2, 0.25) is 5.91 Å². The van der Waals surface area contributed by atoms with Crippen molar-refractivity contribution in [2.24, 2.45) is 0 Å². The van der Waals surface area contributed by atoms with Crippen molar-refractivity contribution in [1.82, 2.24) is 9.88 Å². The fraction of sp³-hybridized carbons (Fsp3) is 0.455. The lowest BCUT2D eigenvalue weighted by atomic mass is 10.2. The van der Waals surface area contributed by atoms with Crippen LogP contribution in [0.4, 0.5) is 11.6 Å². The van der Waals surface area contributed by atoms with Gasteiger partial charge in [0.15, 0.2) is 0 Å². The van der Waals surface area contributed by atoms with Crippen molar-refractivity contribution >= 4 is 40.7 Å². The predicted molar refractivity (Wildman–Crippen MR) is 73.5 cm³/mol. The van der Waals surface area contributed by atoms with Gasteiger partial charge in [0.05, 0.1) is 10.0 Å². The van der Waals surface area contributed by atoms with E-state index in [0.29, 0.717) is 21.7 Å². The van der Waals surface area contributed by atoms with E-state index >= 15 is 0 Å². The second kappa shape index (κ2) is 5.20. The lowest BCUT2D eigenvalue weighted by Gasteiger charge is -2.15. The van der Waals surface area contributed by atoms with Crippen LogP contribution in [-0.4, -0.2) is 42.5 Å². The average Bonchev–Trinajstić information content (AvgIpc) is 2.64. The van der Waals surface area contributed by atoms with Gasteiger partial charge in [-0.15, -0.1) is 0 Å². The van der Waals surface area contributed by atoms with E-state index in [1.165, 1.54) is 0 Å². The molecule has 0 saturated carbocycles. The van der Waals surface area contributed by atoms with Gasteiger partial charge in [-0.05, 0) is 12.5 Å². The maximum Gasteiger partial charge on any atom is 0.244 e. The summed E-state index contributed by atoms with van der Waals surface area (Å²) in [5.74, 6) is 1.05. The molecule has 1 unspecified atom stereocenters. The molecule has 2 heterocycles. The summed E-state index contributed by atoms with van der Waals surface area (Å²) >= 11 is 12.0. The van der Waals surface area contributed by atoms with Gasteiger partial charge in [-0.2, -0.15) is 0 Å². The van der Waals surface area contributed by atoms with Crippen molar-refractivity contribution < 1.29 is 4.79 Å². The average molecular weight is 289 g/mol. The van der Waals surface area contributed by atoms with E-state index in [1.54, 1.807) is 25.1 Å². The molecule has 18 heavy (non-hydrogen) atoms. The first-order chi connectivity index (χ1) is 8.52. The summed E-state index contributed by atoms with van der Waals surface area (Å²) in [6.07, 6.45) is 0.741. The standard InChI is InChI=1S/C11H14Cl2N4O/c1-14-9-6(12)5-7(13)10(16-9)15-8-3-4-17(2)11(8)18/h5,8H,3-4H2,1-2H3,(H2,14,15,16). The van der Waals surface area contributed by atoms with Crippen molar-refractivity contribution in [3.8, 4) is 0 Å². The highest BCUT2D eigenvalue weighted by molar-refractivity contribution is 6.37. The minimum atomic E-state index is -0.272. The second-order valence-corrected chi connectivity index (χ2v) is 4.96. The number of nitrogens with one attached hydrogen (secondary N) is 2. The fourth-order valence-corrected chi connectivity index (χ4v) is 2.37. The molecule has 1 fully saturated rings. The van der Waals surface area contributed by atoms with Crippen LogP contribution < -0.4 is 10.6 Å². The molecular formula is C11H14Cl2N4O. The summed E-state index contributed by atoms with van der Waals surface area (Å²) < 4.78 is 0. The Kier molecular flexibility index (Phi) is 3.82. The Balaban J connectivity index is 2.21. The summed E-state index contributed by atoms with van der Waals surface area (Å²) in [5, 5.41) is 6.78. The van der Waals surface area contributed by atoms with E-state index in [2.05, 4.69) is 15.6 Å².